The van der Waals surface area contributed by atoms with E-state index in [9.17, 15) is 9.59 Å². The van der Waals surface area contributed by atoms with Gasteiger partial charge in [-0.1, -0.05) is 48.0 Å². The van der Waals surface area contributed by atoms with Crippen molar-refractivity contribution in [3.8, 4) is 0 Å². The van der Waals surface area contributed by atoms with E-state index in [4.69, 9.17) is 21.3 Å². The lowest BCUT2D eigenvalue weighted by atomic mass is 9.82. The fourth-order valence-corrected chi connectivity index (χ4v) is 3.56. The lowest BCUT2D eigenvalue weighted by Crippen LogP contribution is -2.42. The predicted octanol–water partition coefficient (Wildman–Crippen LogP) is 4.28. The molecule has 1 heterocycles. The molecule has 5 nitrogen and oxygen atoms in total. The molecule has 0 fully saturated rings. The Morgan fingerprint density at radius 3 is 2.57 bits per heavy atom. The van der Waals surface area contributed by atoms with E-state index in [1.807, 2.05) is 38.1 Å². The highest BCUT2D eigenvalue weighted by Crippen LogP contribution is 2.31. The number of carbonyl (C=O) groups excluding carboxylic acids is 2. The topological polar surface area (TPSA) is 67.8 Å². The summed E-state index contributed by atoms with van der Waals surface area (Å²) in [5, 5.41) is 3.15. The van der Waals surface area contributed by atoms with Gasteiger partial charge in [-0.3, -0.25) is 14.6 Å². The zero-order valence-corrected chi connectivity index (χ0v) is 16.9. The molecule has 2 aromatic rings. The van der Waals surface area contributed by atoms with Gasteiger partial charge in [0.25, 0.3) is 0 Å². The summed E-state index contributed by atoms with van der Waals surface area (Å²) in [6.07, 6.45) is 0.731. The first-order valence-corrected chi connectivity index (χ1v) is 9.60. The number of nitrogens with one attached hydrogen (secondary N) is 1. The molecule has 1 atom stereocenters. The summed E-state index contributed by atoms with van der Waals surface area (Å²) < 4.78 is 5.22. The second-order valence-electron chi connectivity index (χ2n) is 7.30. The van der Waals surface area contributed by atoms with E-state index in [0.29, 0.717) is 16.4 Å². The number of amides is 1. The van der Waals surface area contributed by atoms with Crippen LogP contribution >= 0.6 is 11.6 Å². The fraction of sp³-hybridized carbons (Fsp3) is 0.318. The number of fused-ring (bicyclic) bond motifs is 1. The second kappa shape index (κ2) is 8.15. The van der Waals surface area contributed by atoms with Crippen molar-refractivity contribution in [3.63, 3.8) is 0 Å². The minimum absolute atomic E-state index is 0.174. The van der Waals surface area contributed by atoms with Gasteiger partial charge in [-0.2, -0.15) is 0 Å². The Balaban J connectivity index is 2.05. The molecule has 0 unspecified atom stereocenters. The second-order valence-corrected chi connectivity index (χ2v) is 7.70. The van der Waals surface area contributed by atoms with Gasteiger partial charge in [0, 0.05) is 5.56 Å². The van der Waals surface area contributed by atoms with E-state index in [1.54, 1.807) is 31.2 Å². The highest BCUT2D eigenvalue weighted by Gasteiger charge is 2.39. The number of ether oxygens (including phenoxy) is 1. The van der Waals surface area contributed by atoms with E-state index in [2.05, 4.69) is 5.32 Å². The lowest BCUT2D eigenvalue weighted by molar-refractivity contribution is -0.148. The molecule has 1 amide bonds. The normalized spacial score (nSPS) is 15.8. The summed E-state index contributed by atoms with van der Waals surface area (Å²) in [5.41, 5.74) is 2.29. The number of nitrogens with zero attached hydrogens (tertiary/aromatic N) is 1. The zero-order valence-electron chi connectivity index (χ0n) is 16.2. The highest BCUT2D eigenvalue weighted by molar-refractivity contribution is 6.34. The average molecular weight is 399 g/mol. The summed E-state index contributed by atoms with van der Waals surface area (Å²) >= 11 is 6.16. The maximum absolute atomic E-state index is 13.1. The Morgan fingerprint density at radius 1 is 1.18 bits per heavy atom. The number of esters is 1. The summed E-state index contributed by atoms with van der Waals surface area (Å²) in [4.78, 5) is 30.7. The minimum Gasteiger partial charge on any atom is -0.465 e. The molecule has 0 radical (unpaired) electrons. The molecule has 0 saturated carbocycles. The molecule has 0 aromatic heterocycles. The molecule has 0 bridgehead atoms. The van der Waals surface area contributed by atoms with Gasteiger partial charge in [-0.15, -0.1) is 0 Å². The molecule has 2 aromatic carbocycles. The molecule has 0 saturated heterocycles. The SMILES string of the molecule is CCOC(=O)[C@@H](C(=O)Nc1ccccc1Cl)C1=NC(C)(C)Cc2ccccc21. The summed E-state index contributed by atoms with van der Waals surface area (Å²) in [5.74, 6) is -2.33. The van der Waals surface area contributed by atoms with E-state index < -0.39 is 23.3 Å². The van der Waals surface area contributed by atoms with Gasteiger partial charge in [-0.05, 0) is 44.9 Å². The van der Waals surface area contributed by atoms with E-state index in [-0.39, 0.29) is 6.61 Å². The van der Waals surface area contributed by atoms with E-state index in [0.717, 1.165) is 17.5 Å². The van der Waals surface area contributed by atoms with Crippen LogP contribution in [0.4, 0.5) is 5.69 Å². The fourth-order valence-electron chi connectivity index (χ4n) is 3.37. The lowest BCUT2D eigenvalue weighted by Gasteiger charge is -2.31. The average Bonchev–Trinajstić information content (AvgIpc) is 2.63. The van der Waals surface area contributed by atoms with Crippen molar-refractivity contribution in [2.24, 2.45) is 10.9 Å². The van der Waals surface area contributed by atoms with Crippen molar-refractivity contribution in [3.05, 3.63) is 64.7 Å². The standard InChI is InChI=1S/C22H23ClN2O3/c1-4-28-21(27)18(20(26)24-17-12-8-7-11-16(17)23)19-15-10-6-5-9-14(15)13-22(2,3)25-19/h5-12,18H,4,13H2,1-3H3,(H,24,26)/t18-/m1/s1. The van der Waals surface area contributed by atoms with Crippen molar-refractivity contribution >= 4 is 34.9 Å². The molecular weight excluding hydrogens is 376 g/mol. The Labute approximate surface area is 169 Å². The molecule has 3 rings (SSSR count). The molecule has 6 heteroatoms. The third-order valence-electron chi connectivity index (χ3n) is 4.53. The highest BCUT2D eigenvalue weighted by atomic mass is 35.5. The largest absolute Gasteiger partial charge is 0.465 e. The minimum atomic E-state index is -1.18. The number of anilines is 1. The van der Waals surface area contributed by atoms with Crippen molar-refractivity contribution in [1.82, 2.24) is 0 Å². The number of hydrogen-bond donors (Lipinski definition) is 1. The van der Waals surface area contributed by atoms with Crippen molar-refractivity contribution in [2.75, 3.05) is 11.9 Å². The zero-order chi connectivity index (χ0) is 20.3. The molecule has 28 heavy (non-hydrogen) atoms. The quantitative estimate of drug-likeness (QED) is 0.603. The smallest absolute Gasteiger partial charge is 0.324 e. The maximum Gasteiger partial charge on any atom is 0.324 e. The number of hydrogen-bond acceptors (Lipinski definition) is 4. The molecule has 1 aliphatic heterocycles. The van der Waals surface area contributed by atoms with Crippen LogP contribution < -0.4 is 5.32 Å². The van der Waals surface area contributed by atoms with Crippen LogP contribution in [0.1, 0.15) is 31.9 Å². The molecule has 1 aliphatic rings. The molecular formula is C22H23ClN2O3. The summed E-state index contributed by atoms with van der Waals surface area (Å²) in [7, 11) is 0. The monoisotopic (exact) mass is 398 g/mol. The van der Waals surface area contributed by atoms with Crippen LogP contribution in [0, 0.1) is 5.92 Å². The van der Waals surface area contributed by atoms with E-state index >= 15 is 0 Å². The van der Waals surface area contributed by atoms with Crippen LogP contribution in [-0.2, 0) is 20.7 Å². The Morgan fingerprint density at radius 2 is 1.86 bits per heavy atom. The number of para-hydroxylation sites is 1. The maximum atomic E-state index is 13.1. The first-order chi connectivity index (χ1) is 13.3. The Hall–Kier alpha value is -2.66. The number of rotatable bonds is 5. The van der Waals surface area contributed by atoms with Crippen LogP contribution in [0.5, 0.6) is 0 Å². The van der Waals surface area contributed by atoms with Gasteiger partial charge >= 0.3 is 5.97 Å². The van der Waals surface area contributed by atoms with E-state index in [1.165, 1.54) is 0 Å². The van der Waals surface area contributed by atoms with Crippen LogP contribution in [-0.4, -0.2) is 29.7 Å². The number of halogens is 1. The van der Waals surface area contributed by atoms with Gasteiger partial charge in [0.1, 0.15) is 0 Å². The van der Waals surface area contributed by atoms with Gasteiger partial charge < -0.3 is 10.1 Å². The number of aliphatic imine (C=N–C) groups is 1. The van der Waals surface area contributed by atoms with Crippen molar-refractivity contribution < 1.29 is 14.3 Å². The van der Waals surface area contributed by atoms with Crippen molar-refractivity contribution in [1.29, 1.82) is 0 Å². The first-order valence-electron chi connectivity index (χ1n) is 9.22. The molecule has 0 spiro atoms. The van der Waals surface area contributed by atoms with Gasteiger partial charge in [0.15, 0.2) is 5.92 Å². The molecule has 1 N–H and O–H groups in total. The summed E-state index contributed by atoms with van der Waals surface area (Å²) in [6.45, 7) is 5.85. The third kappa shape index (κ3) is 4.25. The third-order valence-corrected chi connectivity index (χ3v) is 4.86. The Kier molecular flexibility index (Phi) is 5.84. The van der Waals surface area contributed by atoms with Crippen molar-refractivity contribution in [2.45, 2.75) is 32.7 Å². The Bertz CT molecular complexity index is 937. The van der Waals surface area contributed by atoms with Crippen LogP contribution in [0.15, 0.2) is 53.5 Å². The molecule has 146 valence electrons. The first kappa shape index (κ1) is 20.1. The predicted molar refractivity (Wildman–Crippen MR) is 111 cm³/mol. The summed E-state index contributed by atoms with van der Waals surface area (Å²) in [6, 6.07) is 14.6. The number of benzene rings is 2. The molecule has 0 aliphatic carbocycles. The van der Waals surface area contributed by atoms with Gasteiger partial charge in [0.05, 0.1) is 28.6 Å². The van der Waals surface area contributed by atoms with Gasteiger partial charge in [0.2, 0.25) is 5.91 Å². The van der Waals surface area contributed by atoms with Crippen LogP contribution in [0.3, 0.4) is 0 Å². The van der Waals surface area contributed by atoms with Gasteiger partial charge in [-0.25, -0.2) is 0 Å². The number of carbonyl (C=O) groups is 2. The van der Waals surface area contributed by atoms with Crippen LogP contribution in [0.2, 0.25) is 5.02 Å². The van der Waals surface area contributed by atoms with Crippen LogP contribution in [0.25, 0.3) is 0 Å².